The predicted molar refractivity (Wildman–Crippen MR) is 79.1 cm³/mol. The maximum Gasteiger partial charge on any atom is 0.230 e. The molecule has 0 bridgehead atoms. The van der Waals surface area contributed by atoms with E-state index in [9.17, 15) is 4.79 Å². The van der Waals surface area contributed by atoms with Gasteiger partial charge in [-0.25, -0.2) is 0 Å². The van der Waals surface area contributed by atoms with Crippen molar-refractivity contribution in [2.45, 2.75) is 39.7 Å². The zero-order valence-electron chi connectivity index (χ0n) is 12.1. The van der Waals surface area contributed by atoms with Crippen LogP contribution in [0, 0.1) is 5.41 Å². The van der Waals surface area contributed by atoms with Gasteiger partial charge < -0.3 is 10.2 Å². The number of piperidine rings is 1. The Bertz CT molecular complexity index is 420. The molecule has 0 atom stereocenters. The quantitative estimate of drug-likeness (QED) is 0.905. The number of carbonyl (C=O) groups is 1. The summed E-state index contributed by atoms with van der Waals surface area (Å²) in [7, 11) is 0. The van der Waals surface area contributed by atoms with E-state index in [1.807, 2.05) is 30.3 Å². The Balaban J connectivity index is 1.96. The van der Waals surface area contributed by atoms with Gasteiger partial charge >= 0.3 is 0 Å². The van der Waals surface area contributed by atoms with Crippen molar-refractivity contribution in [3.8, 4) is 0 Å². The Hall–Kier alpha value is -1.35. The standard InChI is InChI=1S/C16H24N2O/c1-13(2)18-11-9-16(3,10-12-18)15(19)17-14-7-5-4-6-8-14/h4-8,13H,9-12H2,1-3H3,(H,17,19). The summed E-state index contributed by atoms with van der Waals surface area (Å²) in [5.74, 6) is 0.155. The lowest BCUT2D eigenvalue weighted by Gasteiger charge is -2.40. The van der Waals surface area contributed by atoms with Crippen LogP contribution < -0.4 is 5.32 Å². The Morgan fingerprint density at radius 3 is 2.32 bits per heavy atom. The third-order valence-electron chi connectivity index (χ3n) is 4.21. The molecule has 3 heteroatoms. The summed E-state index contributed by atoms with van der Waals surface area (Å²) in [5, 5.41) is 3.04. The number of nitrogens with zero attached hydrogens (tertiary/aromatic N) is 1. The van der Waals surface area contributed by atoms with Gasteiger partial charge in [0.25, 0.3) is 0 Å². The molecule has 1 heterocycles. The number of anilines is 1. The van der Waals surface area contributed by atoms with E-state index in [-0.39, 0.29) is 11.3 Å². The van der Waals surface area contributed by atoms with Crippen LogP contribution >= 0.6 is 0 Å². The largest absolute Gasteiger partial charge is 0.326 e. The first kappa shape index (κ1) is 14.1. The number of amides is 1. The van der Waals surface area contributed by atoms with Crippen LogP contribution in [0.1, 0.15) is 33.6 Å². The van der Waals surface area contributed by atoms with Crippen molar-refractivity contribution in [2.24, 2.45) is 5.41 Å². The average Bonchev–Trinajstić information content (AvgIpc) is 2.40. The Kier molecular flexibility index (Phi) is 4.25. The number of carbonyl (C=O) groups excluding carboxylic acids is 1. The summed E-state index contributed by atoms with van der Waals surface area (Å²) < 4.78 is 0. The van der Waals surface area contributed by atoms with Crippen LogP contribution in [0.25, 0.3) is 0 Å². The lowest BCUT2D eigenvalue weighted by molar-refractivity contribution is -0.127. The number of likely N-dealkylation sites (tertiary alicyclic amines) is 1. The van der Waals surface area contributed by atoms with Crippen LogP contribution in [0.3, 0.4) is 0 Å². The Labute approximate surface area is 116 Å². The van der Waals surface area contributed by atoms with Gasteiger partial charge in [0.05, 0.1) is 0 Å². The molecule has 3 nitrogen and oxygen atoms in total. The fraction of sp³-hybridized carbons (Fsp3) is 0.562. The fourth-order valence-corrected chi connectivity index (χ4v) is 2.56. The number of benzene rings is 1. The number of hydrogen-bond acceptors (Lipinski definition) is 2. The van der Waals surface area contributed by atoms with Gasteiger partial charge in [-0.2, -0.15) is 0 Å². The average molecular weight is 260 g/mol. The second kappa shape index (κ2) is 5.74. The van der Waals surface area contributed by atoms with Gasteiger partial charge in [-0.15, -0.1) is 0 Å². The van der Waals surface area contributed by atoms with Gasteiger partial charge in [-0.05, 0) is 51.9 Å². The maximum absolute atomic E-state index is 12.4. The van der Waals surface area contributed by atoms with Crippen LogP contribution in [0.5, 0.6) is 0 Å². The first-order valence-electron chi connectivity index (χ1n) is 7.12. The second-order valence-corrected chi connectivity index (χ2v) is 6.01. The first-order valence-corrected chi connectivity index (χ1v) is 7.12. The second-order valence-electron chi connectivity index (χ2n) is 6.01. The third kappa shape index (κ3) is 3.35. The monoisotopic (exact) mass is 260 g/mol. The van der Waals surface area contributed by atoms with Crippen LogP contribution in [0.2, 0.25) is 0 Å². The topological polar surface area (TPSA) is 32.3 Å². The third-order valence-corrected chi connectivity index (χ3v) is 4.21. The van der Waals surface area contributed by atoms with Crippen LogP contribution in [-0.2, 0) is 4.79 Å². The highest BCUT2D eigenvalue weighted by Gasteiger charge is 2.37. The molecule has 0 radical (unpaired) electrons. The van der Waals surface area contributed by atoms with Gasteiger partial charge in [0.1, 0.15) is 0 Å². The minimum absolute atomic E-state index is 0.155. The maximum atomic E-state index is 12.4. The van der Waals surface area contributed by atoms with E-state index < -0.39 is 0 Å². The predicted octanol–water partition coefficient (Wildman–Crippen LogP) is 3.14. The molecule has 1 fully saturated rings. The van der Waals surface area contributed by atoms with Crippen molar-refractivity contribution in [3.05, 3.63) is 30.3 Å². The summed E-state index contributed by atoms with van der Waals surface area (Å²) >= 11 is 0. The number of hydrogen-bond donors (Lipinski definition) is 1. The van der Waals surface area contributed by atoms with Gasteiger partial charge in [0.2, 0.25) is 5.91 Å². The highest BCUT2D eigenvalue weighted by atomic mass is 16.2. The molecule has 1 aliphatic rings. The van der Waals surface area contributed by atoms with E-state index in [1.165, 1.54) is 0 Å². The minimum atomic E-state index is -0.235. The van der Waals surface area contributed by atoms with Crippen molar-refractivity contribution < 1.29 is 4.79 Å². The number of nitrogens with one attached hydrogen (secondary N) is 1. The highest BCUT2D eigenvalue weighted by molar-refractivity contribution is 5.95. The lowest BCUT2D eigenvalue weighted by Crippen LogP contribution is -2.46. The molecule has 1 aromatic rings. The van der Waals surface area contributed by atoms with Gasteiger partial charge in [0, 0.05) is 17.1 Å². The van der Waals surface area contributed by atoms with E-state index >= 15 is 0 Å². The minimum Gasteiger partial charge on any atom is -0.326 e. The molecule has 1 aliphatic heterocycles. The summed E-state index contributed by atoms with van der Waals surface area (Å²) in [6, 6.07) is 10.3. The van der Waals surface area contributed by atoms with E-state index in [4.69, 9.17) is 0 Å². The summed E-state index contributed by atoms with van der Waals surface area (Å²) in [6.45, 7) is 8.54. The summed E-state index contributed by atoms with van der Waals surface area (Å²) in [5.41, 5.74) is 0.654. The Morgan fingerprint density at radius 1 is 1.21 bits per heavy atom. The number of para-hydroxylation sites is 1. The summed E-state index contributed by atoms with van der Waals surface area (Å²) in [4.78, 5) is 14.9. The van der Waals surface area contributed by atoms with E-state index in [2.05, 4.69) is 31.0 Å². The zero-order valence-corrected chi connectivity index (χ0v) is 12.1. The van der Waals surface area contributed by atoms with E-state index in [0.717, 1.165) is 31.6 Å². The van der Waals surface area contributed by atoms with Gasteiger partial charge in [-0.3, -0.25) is 4.79 Å². The molecule has 19 heavy (non-hydrogen) atoms. The van der Waals surface area contributed by atoms with Crippen LogP contribution in [-0.4, -0.2) is 29.9 Å². The van der Waals surface area contributed by atoms with Gasteiger partial charge in [0.15, 0.2) is 0 Å². The van der Waals surface area contributed by atoms with Crippen molar-refractivity contribution in [1.82, 2.24) is 4.90 Å². The molecule has 1 N–H and O–H groups in total. The molecular weight excluding hydrogens is 236 g/mol. The molecular formula is C16H24N2O. The molecule has 0 saturated carbocycles. The molecule has 1 amide bonds. The van der Waals surface area contributed by atoms with Crippen molar-refractivity contribution in [3.63, 3.8) is 0 Å². The zero-order chi connectivity index (χ0) is 13.9. The van der Waals surface area contributed by atoms with E-state index in [1.54, 1.807) is 0 Å². The fourth-order valence-electron chi connectivity index (χ4n) is 2.56. The lowest BCUT2D eigenvalue weighted by atomic mass is 9.79. The molecule has 0 aromatic heterocycles. The van der Waals surface area contributed by atoms with Crippen LogP contribution in [0.4, 0.5) is 5.69 Å². The van der Waals surface area contributed by atoms with Crippen LogP contribution in [0.15, 0.2) is 30.3 Å². The molecule has 1 saturated heterocycles. The normalized spacial score (nSPS) is 19.4. The Morgan fingerprint density at radius 2 is 1.79 bits per heavy atom. The van der Waals surface area contributed by atoms with Crippen molar-refractivity contribution >= 4 is 11.6 Å². The molecule has 1 aromatic carbocycles. The summed E-state index contributed by atoms with van der Waals surface area (Å²) in [6.07, 6.45) is 1.87. The number of rotatable bonds is 3. The smallest absolute Gasteiger partial charge is 0.230 e. The van der Waals surface area contributed by atoms with Crippen molar-refractivity contribution in [1.29, 1.82) is 0 Å². The highest BCUT2D eigenvalue weighted by Crippen LogP contribution is 2.32. The first-order chi connectivity index (χ1) is 9.01. The van der Waals surface area contributed by atoms with Gasteiger partial charge in [-0.1, -0.05) is 25.1 Å². The van der Waals surface area contributed by atoms with Crippen molar-refractivity contribution in [2.75, 3.05) is 18.4 Å². The molecule has 0 unspecified atom stereocenters. The molecule has 104 valence electrons. The molecule has 0 spiro atoms. The molecule has 2 rings (SSSR count). The SMILES string of the molecule is CC(C)N1CCC(C)(C(=O)Nc2ccccc2)CC1. The molecule has 0 aliphatic carbocycles. The van der Waals surface area contributed by atoms with E-state index in [0.29, 0.717) is 6.04 Å².